The Labute approximate surface area is 188 Å². The van der Waals surface area contributed by atoms with Crippen LogP contribution in [0.25, 0.3) is 22.0 Å². The third-order valence-electron chi connectivity index (χ3n) is 4.84. The Bertz CT molecular complexity index is 1030. The van der Waals surface area contributed by atoms with E-state index in [1.807, 2.05) is 51.4 Å². The van der Waals surface area contributed by atoms with Gasteiger partial charge in [-0.3, -0.25) is 9.78 Å². The van der Waals surface area contributed by atoms with Crippen LogP contribution in [0.3, 0.4) is 0 Å². The third kappa shape index (κ3) is 6.35. The number of rotatable bonds is 3. The maximum absolute atomic E-state index is 9.60. The molecule has 0 N–H and O–H groups in total. The molecule has 0 spiro atoms. The fourth-order valence-corrected chi connectivity index (χ4v) is 3.37. The fraction of sp³-hybridized carbons (Fsp3) is 0.391. The van der Waals surface area contributed by atoms with Gasteiger partial charge in [0, 0.05) is 61.1 Å². The molecule has 31 heavy (non-hydrogen) atoms. The molecule has 0 atom stereocenters. The average molecular weight is 442 g/mol. The van der Waals surface area contributed by atoms with E-state index >= 15 is 0 Å². The lowest BCUT2D eigenvalue weighted by Gasteiger charge is -2.34. The molecule has 7 nitrogen and oxygen atoms in total. The van der Waals surface area contributed by atoms with Crippen LogP contribution in [0.4, 0.5) is 5.82 Å². The maximum Gasteiger partial charge on any atom is 0.293 e. The van der Waals surface area contributed by atoms with Gasteiger partial charge in [-0.1, -0.05) is 11.6 Å². The van der Waals surface area contributed by atoms with Gasteiger partial charge in [-0.25, -0.2) is 9.97 Å². The second-order valence-corrected chi connectivity index (χ2v) is 8.80. The monoisotopic (exact) mass is 441 g/mol. The molecule has 164 valence electrons. The number of anilines is 1. The first kappa shape index (κ1) is 22.9. The van der Waals surface area contributed by atoms with Crippen LogP contribution in [0.1, 0.15) is 20.8 Å². The lowest BCUT2D eigenvalue weighted by atomic mass is 10.1. The molecule has 0 amide bonds. The largest absolute Gasteiger partial charge is 0.462 e. The van der Waals surface area contributed by atoms with Crippen LogP contribution in [0.15, 0.2) is 42.9 Å². The molecular formula is C23H28ClN5O2. The Hall–Kier alpha value is -2.77. The van der Waals surface area contributed by atoms with Crippen LogP contribution in [-0.2, 0) is 9.53 Å². The number of piperazine rings is 1. The highest BCUT2D eigenvalue weighted by Gasteiger charge is 2.19. The SMILES string of the molecule is CC(C)(C)OC=O.CN1CCN(c2nc(-c3ccnc(Cl)c3)cc3cnccc23)CC1. The van der Waals surface area contributed by atoms with Crippen molar-refractivity contribution >= 4 is 34.7 Å². The van der Waals surface area contributed by atoms with Crippen molar-refractivity contribution in [1.82, 2.24) is 19.9 Å². The molecule has 1 aliphatic heterocycles. The highest BCUT2D eigenvalue weighted by Crippen LogP contribution is 2.30. The van der Waals surface area contributed by atoms with Gasteiger partial charge >= 0.3 is 0 Å². The highest BCUT2D eigenvalue weighted by atomic mass is 35.5. The zero-order chi connectivity index (χ0) is 22.4. The van der Waals surface area contributed by atoms with Crippen molar-refractivity contribution in [1.29, 1.82) is 0 Å². The first-order valence-corrected chi connectivity index (χ1v) is 10.6. The number of halogens is 1. The Morgan fingerprint density at radius 2 is 1.84 bits per heavy atom. The Kier molecular flexibility index (Phi) is 7.41. The van der Waals surface area contributed by atoms with Crippen molar-refractivity contribution in [2.75, 3.05) is 38.1 Å². The predicted molar refractivity (Wildman–Crippen MR) is 124 cm³/mol. The predicted octanol–water partition coefficient (Wildman–Crippen LogP) is 4.05. The summed E-state index contributed by atoms with van der Waals surface area (Å²) >= 11 is 6.05. The number of nitrogens with zero attached hydrogens (tertiary/aromatic N) is 5. The molecule has 0 aromatic carbocycles. The topological polar surface area (TPSA) is 71.5 Å². The van der Waals surface area contributed by atoms with Gasteiger partial charge in [-0.2, -0.15) is 0 Å². The molecule has 1 aliphatic rings. The lowest BCUT2D eigenvalue weighted by Crippen LogP contribution is -2.44. The first-order valence-electron chi connectivity index (χ1n) is 10.2. The highest BCUT2D eigenvalue weighted by molar-refractivity contribution is 6.29. The minimum atomic E-state index is -0.318. The van der Waals surface area contributed by atoms with E-state index in [9.17, 15) is 4.79 Å². The minimum absolute atomic E-state index is 0.318. The van der Waals surface area contributed by atoms with Crippen LogP contribution < -0.4 is 4.90 Å². The lowest BCUT2D eigenvalue weighted by molar-refractivity contribution is -0.138. The second kappa shape index (κ2) is 10.0. The van der Waals surface area contributed by atoms with Crippen LogP contribution >= 0.6 is 11.6 Å². The van der Waals surface area contributed by atoms with Gasteiger partial charge in [0.05, 0.1) is 5.69 Å². The number of likely N-dealkylation sites (N-methyl/N-ethyl adjacent to an activating group) is 1. The number of hydrogen-bond donors (Lipinski definition) is 0. The minimum Gasteiger partial charge on any atom is -0.462 e. The Morgan fingerprint density at radius 1 is 1.10 bits per heavy atom. The summed E-state index contributed by atoms with van der Waals surface area (Å²) in [5.74, 6) is 1.02. The van der Waals surface area contributed by atoms with E-state index in [0.29, 0.717) is 11.6 Å². The number of carbonyl (C=O) groups is 1. The van der Waals surface area contributed by atoms with E-state index < -0.39 is 0 Å². The number of ether oxygens (including phenoxy) is 1. The molecule has 0 aliphatic carbocycles. The summed E-state index contributed by atoms with van der Waals surface area (Å²) in [7, 11) is 2.15. The van der Waals surface area contributed by atoms with Gasteiger partial charge in [0.15, 0.2) is 0 Å². The molecule has 1 fully saturated rings. The molecule has 0 radical (unpaired) electrons. The van der Waals surface area contributed by atoms with Gasteiger partial charge in [0.25, 0.3) is 6.47 Å². The van der Waals surface area contributed by atoms with Crippen LogP contribution in [0, 0.1) is 0 Å². The summed E-state index contributed by atoms with van der Waals surface area (Å²) < 4.78 is 4.55. The normalized spacial score (nSPS) is 14.7. The second-order valence-electron chi connectivity index (χ2n) is 8.41. The molecular weight excluding hydrogens is 414 g/mol. The van der Waals surface area contributed by atoms with Gasteiger partial charge in [-0.15, -0.1) is 0 Å². The quantitative estimate of drug-likeness (QED) is 0.448. The molecule has 4 rings (SSSR count). The standard InChI is InChI=1S/C18H18ClN5.C5H10O2/c1-23-6-8-24(9-7-23)18-15-3-4-20-12-14(15)10-16(22-18)13-2-5-21-17(19)11-13;1-5(2,3)7-4-6/h2-5,10-12H,6-9H2,1H3;4H,1-3H3. The van der Waals surface area contributed by atoms with Crippen molar-refractivity contribution in [2.45, 2.75) is 26.4 Å². The number of hydrogen-bond acceptors (Lipinski definition) is 7. The summed E-state index contributed by atoms with van der Waals surface area (Å²) in [6.07, 6.45) is 5.43. The molecule has 0 saturated carbocycles. The Morgan fingerprint density at radius 3 is 2.45 bits per heavy atom. The zero-order valence-electron chi connectivity index (χ0n) is 18.4. The fourth-order valence-electron chi connectivity index (χ4n) is 3.19. The number of pyridine rings is 3. The summed E-state index contributed by atoms with van der Waals surface area (Å²) in [6.45, 7) is 9.95. The van der Waals surface area contributed by atoms with Gasteiger partial charge in [0.1, 0.15) is 16.6 Å². The zero-order valence-corrected chi connectivity index (χ0v) is 19.1. The average Bonchev–Trinajstić information content (AvgIpc) is 2.73. The summed E-state index contributed by atoms with van der Waals surface area (Å²) in [5.41, 5.74) is 1.55. The van der Waals surface area contributed by atoms with Gasteiger partial charge < -0.3 is 14.5 Å². The summed E-state index contributed by atoms with van der Waals surface area (Å²) in [6, 6.07) is 7.89. The maximum atomic E-state index is 9.60. The molecule has 0 bridgehead atoms. The van der Waals surface area contributed by atoms with Crippen molar-refractivity contribution in [3.05, 3.63) is 48.0 Å². The molecule has 1 saturated heterocycles. The number of fused-ring (bicyclic) bond motifs is 1. The molecule has 4 heterocycles. The van der Waals surface area contributed by atoms with E-state index in [1.54, 1.807) is 6.20 Å². The summed E-state index contributed by atoms with van der Waals surface area (Å²) in [5, 5.41) is 2.70. The molecule has 0 unspecified atom stereocenters. The van der Waals surface area contributed by atoms with Gasteiger partial charge in [-0.05, 0) is 52.1 Å². The van der Waals surface area contributed by atoms with E-state index in [1.165, 1.54) is 0 Å². The van der Waals surface area contributed by atoms with E-state index in [-0.39, 0.29) is 5.60 Å². The molecule has 3 aromatic heterocycles. The van der Waals surface area contributed by atoms with Crippen LogP contribution in [-0.4, -0.2) is 65.2 Å². The van der Waals surface area contributed by atoms with E-state index in [4.69, 9.17) is 16.6 Å². The van der Waals surface area contributed by atoms with E-state index in [0.717, 1.165) is 54.0 Å². The first-order chi connectivity index (χ1) is 14.8. The smallest absolute Gasteiger partial charge is 0.293 e. The van der Waals surface area contributed by atoms with Crippen molar-refractivity contribution in [3.8, 4) is 11.3 Å². The molecule has 3 aromatic rings. The van der Waals surface area contributed by atoms with Crippen molar-refractivity contribution < 1.29 is 9.53 Å². The van der Waals surface area contributed by atoms with Crippen molar-refractivity contribution in [3.63, 3.8) is 0 Å². The van der Waals surface area contributed by atoms with E-state index in [2.05, 4.69) is 37.6 Å². The number of aromatic nitrogens is 3. The molecule has 8 heteroatoms. The third-order valence-corrected chi connectivity index (χ3v) is 5.04. The van der Waals surface area contributed by atoms with Crippen molar-refractivity contribution in [2.24, 2.45) is 0 Å². The number of carbonyl (C=O) groups excluding carboxylic acids is 1. The Balaban J connectivity index is 0.000000339. The van der Waals surface area contributed by atoms with Gasteiger partial charge in [0.2, 0.25) is 0 Å². The summed E-state index contributed by atoms with van der Waals surface area (Å²) in [4.78, 5) is 27.6. The van der Waals surface area contributed by atoms with Crippen LogP contribution in [0.2, 0.25) is 5.15 Å². The van der Waals surface area contributed by atoms with Crippen LogP contribution in [0.5, 0.6) is 0 Å².